The Balaban J connectivity index is 1.66. The SMILES string of the molecule is O=C(Cn1nc(-c2ccc(F)cc2)oc1=O)NCc1cccnc1. The maximum Gasteiger partial charge on any atom is 0.437 e. The number of pyridine rings is 1. The van der Waals surface area contributed by atoms with Crippen molar-refractivity contribution in [2.75, 3.05) is 0 Å². The van der Waals surface area contributed by atoms with Crippen molar-refractivity contribution in [3.05, 3.63) is 70.7 Å². The summed E-state index contributed by atoms with van der Waals surface area (Å²) >= 11 is 0. The van der Waals surface area contributed by atoms with Gasteiger partial charge in [-0.15, -0.1) is 5.10 Å². The van der Waals surface area contributed by atoms with Crippen molar-refractivity contribution in [3.8, 4) is 11.5 Å². The lowest BCUT2D eigenvalue weighted by Crippen LogP contribution is -2.31. The molecule has 0 atom stereocenters. The average Bonchev–Trinajstić information content (AvgIpc) is 2.95. The fraction of sp³-hybridized carbons (Fsp3) is 0.125. The molecule has 0 aliphatic heterocycles. The molecule has 0 unspecified atom stereocenters. The van der Waals surface area contributed by atoms with Crippen molar-refractivity contribution in [1.29, 1.82) is 0 Å². The Hall–Kier alpha value is -3.29. The van der Waals surface area contributed by atoms with Crippen molar-refractivity contribution >= 4 is 5.91 Å². The van der Waals surface area contributed by atoms with Gasteiger partial charge in [0.25, 0.3) is 0 Å². The number of carbonyl (C=O) groups excluding carboxylic acids is 1. The van der Waals surface area contributed by atoms with Crippen LogP contribution in [0.3, 0.4) is 0 Å². The molecule has 7 nitrogen and oxygen atoms in total. The number of halogens is 1. The highest BCUT2D eigenvalue weighted by atomic mass is 19.1. The minimum absolute atomic E-state index is 0.0278. The van der Waals surface area contributed by atoms with E-state index in [9.17, 15) is 14.0 Å². The molecule has 8 heteroatoms. The highest BCUT2D eigenvalue weighted by molar-refractivity contribution is 5.75. The summed E-state index contributed by atoms with van der Waals surface area (Å²) in [4.78, 5) is 27.6. The largest absolute Gasteiger partial charge is 0.437 e. The second-order valence-electron chi connectivity index (χ2n) is 4.98. The van der Waals surface area contributed by atoms with Gasteiger partial charge in [0.15, 0.2) is 0 Å². The Morgan fingerprint density at radius 1 is 1.25 bits per heavy atom. The molecule has 0 saturated heterocycles. The molecule has 24 heavy (non-hydrogen) atoms. The summed E-state index contributed by atoms with van der Waals surface area (Å²) in [6.45, 7) is 0.0217. The molecule has 1 aromatic carbocycles. The average molecular weight is 328 g/mol. The van der Waals surface area contributed by atoms with E-state index in [1.54, 1.807) is 18.5 Å². The Morgan fingerprint density at radius 3 is 2.75 bits per heavy atom. The molecule has 122 valence electrons. The van der Waals surface area contributed by atoms with Gasteiger partial charge >= 0.3 is 5.76 Å². The molecular formula is C16H13FN4O3. The van der Waals surface area contributed by atoms with Crippen molar-refractivity contribution in [2.24, 2.45) is 0 Å². The van der Waals surface area contributed by atoms with E-state index >= 15 is 0 Å². The van der Waals surface area contributed by atoms with Crippen LogP contribution >= 0.6 is 0 Å². The molecule has 1 amide bonds. The molecule has 0 aliphatic carbocycles. The van der Waals surface area contributed by atoms with Crippen molar-refractivity contribution in [2.45, 2.75) is 13.1 Å². The predicted octanol–water partition coefficient (Wildman–Crippen LogP) is 1.35. The van der Waals surface area contributed by atoms with E-state index < -0.39 is 11.6 Å². The predicted molar refractivity (Wildman–Crippen MR) is 82.2 cm³/mol. The van der Waals surface area contributed by atoms with Crippen molar-refractivity contribution in [1.82, 2.24) is 20.1 Å². The zero-order chi connectivity index (χ0) is 16.9. The third-order valence-corrected chi connectivity index (χ3v) is 3.20. The van der Waals surface area contributed by atoms with Gasteiger partial charge in [-0.1, -0.05) is 6.07 Å². The zero-order valence-corrected chi connectivity index (χ0v) is 12.5. The number of aromatic nitrogens is 3. The van der Waals surface area contributed by atoms with Gasteiger partial charge in [-0.05, 0) is 35.9 Å². The molecule has 3 aromatic rings. The lowest BCUT2D eigenvalue weighted by Gasteiger charge is -2.03. The molecule has 0 saturated carbocycles. The number of hydrogen-bond donors (Lipinski definition) is 1. The van der Waals surface area contributed by atoms with Crippen LogP contribution in [-0.2, 0) is 17.9 Å². The minimum Gasteiger partial charge on any atom is -0.388 e. The summed E-state index contributed by atoms with van der Waals surface area (Å²) in [5, 5.41) is 6.61. The third-order valence-electron chi connectivity index (χ3n) is 3.20. The van der Waals surface area contributed by atoms with Gasteiger partial charge in [0, 0.05) is 24.5 Å². The van der Waals surface area contributed by atoms with E-state index in [0.717, 1.165) is 10.2 Å². The van der Waals surface area contributed by atoms with Crippen LogP contribution in [-0.4, -0.2) is 20.7 Å². The zero-order valence-electron chi connectivity index (χ0n) is 12.5. The monoisotopic (exact) mass is 328 g/mol. The molecule has 0 radical (unpaired) electrons. The van der Waals surface area contributed by atoms with Gasteiger partial charge in [0.1, 0.15) is 12.4 Å². The smallest absolute Gasteiger partial charge is 0.388 e. The summed E-state index contributed by atoms with van der Waals surface area (Å²) in [7, 11) is 0. The van der Waals surface area contributed by atoms with Crippen LogP contribution in [0.2, 0.25) is 0 Å². The summed E-state index contributed by atoms with van der Waals surface area (Å²) in [5.41, 5.74) is 1.29. The second-order valence-corrected chi connectivity index (χ2v) is 4.98. The van der Waals surface area contributed by atoms with Crippen molar-refractivity contribution in [3.63, 3.8) is 0 Å². The van der Waals surface area contributed by atoms with Gasteiger partial charge in [0.05, 0.1) is 0 Å². The Morgan fingerprint density at radius 2 is 2.04 bits per heavy atom. The van der Waals surface area contributed by atoms with Gasteiger partial charge in [-0.25, -0.2) is 9.18 Å². The van der Waals surface area contributed by atoms with Crippen LogP contribution in [0.4, 0.5) is 4.39 Å². The lowest BCUT2D eigenvalue weighted by atomic mass is 10.2. The van der Waals surface area contributed by atoms with Crippen LogP contribution in [0.1, 0.15) is 5.56 Å². The Kier molecular flexibility index (Phi) is 4.46. The second kappa shape index (κ2) is 6.86. The molecule has 0 bridgehead atoms. The fourth-order valence-electron chi connectivity index (χ4n) is 2.01. The first kappa shape index (κ1) is 15.6. The van der Waals surface area contributed by atoms with E-state index in [1.807, 2.05) is 6.07 Å². The number of amides is 1. The first-order valence-corrected chi connectivity index (χ1v) is 7.11. The molecule has 0 spiro atoms. The van der Waals surface area contributed by atoms with Gasteiger partial charge in [0.2, 0.25) is 11.8 Å². The van der Waals surface area contributed by atoms with Crippen LogP contribution in [0.25, 0.3) is 11.5 Å². The van der Waals surface area contributed by atoms with E-state index in [0.29, 0.717) is 12.1 Å². The van der Waals surface area contributed by atoms with E-state index in [-0.39, 0.29) is 18.3 Å². The lowest BCUT2D eigenvalue weighted by molar-refractivity contribution is -0.122. The number of hydrogen-bond acceptors (Lipinski definition) is 5. The molecule has 3 rings (SSSR count). The highest BCUT2D eigenvalue weighted by Crippen LogP contribution is 2.15. The number of benzene rings is 1. The minimum atomic E-state index is -0.758. The third kappa shape index (κ3) is 3.72. The molecule has 1 N–H and O–H groups in total. The summed E-state index contributed by atoms with van der Waals surface area (Å²) in [6.07, 6.45) is 3.27. The number of carbonyl (C=O) groups is 1. The summed E-state index contributed by atoms with van der Waals surface area (Å²) in [6, 6.07) is 8.92. The fourth-order valence-corrected chi connectivity index (χ4v) is 2.01. The Labute approximate surface area is 135 Å². The first-order chi connectivity index (χ1) is 11.6. The normalized spacial score (nSPS) is 10.5. The molecule has 2 aromatic heterocycles. The van der Waals surface area contributed by atoms with E-state index in [2.05, 4.69) is 15.4 Å². The quantitative estimate of drug-likeness (QED) is 0.763. The summed E-state index contributed by atoms with van der Waals surface area (Å²) < 4.78 is 18.8. The van der Waals surface area contributed by atoms with Crippen LogP contribution in [0.15, 0.2) is 58.0 Å². The van der Waals surface area contributed by atoms with Gasteiger partial charge in [-0.3, -0.25) is 9.78 Å². The Bertz CT molecular complexity index is 888. The van der Waals surface area contributed by atoms with Crippen molar-refractivity contribution < 1.29 is 13.6 Å². The molecular weight excluding hydrogens is 315 g/mol. The number of rotatable bonds is 5. The molecule has 2 heterocycles. The van der Waals surface area contributed by atoms with Crippen LogP contribution in [0, 0.1) is 5.82 Å². The van der Waals surface area contributed by atoms with Crippen LogP contribution in [0.5, 0.6) is 0 Å². The molecule has 0 aliphatic rings. The van der Waals surface area contributed by atoms with Crippen LogP contribution < -0.4 is 11.1 Å². The van der Waals surface area contributed by atoms with E-state index in [1.165, 1.54) is 24.3 Å². The highest BCUT2D eigenvalue weighted by Gasteiger charge is 2.13. The summed E-state index contributed by atoms with van der Waals surface area (Å²) in [5.74, 6) is -1.53. The topological polar surface area (TPSA) is 90.0 Å². The van der Waals surface area contributed by atoms with Gasteiger partial charge in [-0.2, -0.15) is 4.68 Å². The van der Waals surface area contributed by atoms with Gasteiger partial charge < -0.3 is 9.73 Å². The number of nitrogens with one attached hydrogen (secondary N) is 1. The first-order valence-electron chi connectivity index (χ1n) is 7.11. The molecule has 0 fully saturated rings. The maximum absolute atomic E-state index is 12.9. The standard InChI is InChI=1S/C16H13FN4O3/c17-13-5-3-12(4-6-13)15-20-21(16(23)24-15)10-14(22)19-9-11-2-1-7-18-8-11/h1-8H,9-10H2,(H,19,22). The maximum atomic E-state index is 12.9. The number of nitrogens with zero attached hydrogens (tertiary/aromatic N) is 3. The van der Waals surface area contributed by atoms with E-state index in [4.69, 9.17) is 4.42 Å².